The second-order valence-corrected chi connectivity index (χ2v) is 14.0. The highest BCUT2D eigenvalue weighted by molar-refractivity contribution is 7.27. The second-order valence-electron chi connectivity index (χ2n) is 12.9. The van der Waals surface area contributed by atoms with E-state index in [1.54, 1.807) is 0 Å². The predicted molar refractivity (Wildman–Crippen MR) is 221 cm³/mol. The zero-order valence-electron chi connectivity index (χ0n) is 28.2. The Morgan fingerprint density at radius 1 is 0.327 bits per heavy atom. The second kappa shape index (κ2) is 12.6. The summed E-state index contributed by atoms with van der Waals surface area (Å²) < 4.78 is 8.84. The molecule has 0 amide bonds. The van der Waals surface area contributed by atoms with Crippen LogP contribution >= 0.6 is 11.3 Å². The minimum atomic E-state index is 0.877. The number of hydrogen-bond donors (Lipinski definition) is 0. The Bertz CT molecular complexity index is 2840. The van der Waals surface area contributed by atoms with Crippen LogP contribution in [0.1, 0.15) is 0 Å². The van der Waals surface area contributed by atoms with Gasteiger partial charge in [0.1, 0.15) is 11.2 Å². The van der Waals surface area contributed by atoms with Gasteiger partial charge in [-0.05, 0) is 77.9 Å². The highest BCUT2D eigenvalue weighted by atomic mass is 32.1. The van der Waals surface area contributed by atoms with Gasteiger partial charge in [-0.25, -0.2) is 0 Å². The van der Waals surface area contributed by atoms with Crippen LogP contribution in [0, 0.1) is 0 Å². The van der Waals surface area contributed by atoms with Gasteiger partial charge >= 0.3 is 0 Å². The van der Waals surface area contributed by atoms with E-state index in [0.717, 1.165) is 56.1 Å². The van der Waals surface area contributed by atoms with E-state index in [1.165, 1.54) is 31.3 Å². The van der Waals surface area contributed by atoms with Gasteiger partial charge < -0.3 is 14.2 Å². The SMILES string of the molecule is c1ccc(-c2ccc(N(c3ccccc3)c3cccc4c3sc3c(N(c5ccccc5)c5ccc6c(c5)oc5ccccc56)cccc34)cc2)cc1. The summed E-state index contributed by atoms with van der Waals surface area (Å²) in [6.07, 6.45) is 0. The van der Waals surface area contributed by atoms with E-state index >= 15 is 0 Å². The van der Waals surface area contributed by atoms with Gasteiger partial charge in [0, 0.05) is 50.4 Å². The average Bonchev–Trinajstić information content (AvgIpc) is 3.79. The number of nitrogens with zero attached hydrogens (tertiary/aromatic N) is 2. The molecule has 0 saturated heterocycles. The lowest BCUT2D eigenvalue weighted by Gasteiger charge is -2.26. The molecule has 10 rings (SSSR count). The molecule has 0 aliphatic rings. The van der Waals surface area contributed by atoms with Crippen LogP contribution in [0.15, 0.2) is 199 Å². The van der Waals surface area contributed by atoms with E-state index in [1.807, 2.05) is 23.5 Å². The van der Waals surface area contributed by atoms with Gasteiger partial charge in [0.2, 0.25) is 0 Å². The first-order valence-corrected chi connectivity index (χ1v) is 18.3. The van der Waals surface area contributed by atoms with Crippen LogP contribution in [0.5, 0.6) is 0 Å². The first kappa shape index (κ1) is 30.2. The number of benzene rings is 8. The summed E-state index contributed by atoms with van der Waals surface area (Å²) in [4.78, 5) is 4.75. The van der Waals surface area contributed by atoms with Crippen LogP contribution in [-0.4, -0.2) is 0 Å². The summed E-state index contributed by atoms with van der Waals surface area (Å²) in [5.41, 5.74) is 10.8. The lowest BCUT2D eigenvalue weighted by Crippen LogP contribution is -2.09. The number of thiophene rings is 1. The fraction of sp³-hybridized carbons (Fsp3) is 0. The Balaban J connectivity index is 1.16. The van der Waals surface area contributed by atoms with Gasteiger partial charge in [-0.2, -0.15) is 0 Å². The molecule has 8 aromatic carbocycles. The van der Waals surface area contributed by atoms with Crippen molar-refractivity contribution < 1.29 is 4.42 Å². The van der Waals surface area contributed by atoms with Crippen LogP contribution in [0.25, 0.3) is 53.2 Å². The minimum Gasteiger partial charge on any atom is -0.456 e. The summed E-state index contributed by atoms with van der Waals surface area (Å²) in [6, 6.07) is 69.0. The van der Waals surface area contributed by atoms with Crippen molar-refractivity contribution in [1.29, 1.82) is 0 Å². The molecule has 2 heterocycles. The van der Waals surface area contributed by atoms with Crippen LogP contribution in [0.4, 0.5) is 34.1 Å². The van der Waals surface area contributed by atoms with Crippen LogP contribution < -0.4 is 9.80 Å². The highest BCUT2D eigenvalue weighted by Gasteiger charge is 2.22. The van der Waals surface area contributed by atoms with Gasteiger partial charge in [0.25, 0.3) is 0 Å². The van der Waals surface area contributed by atoms with E-state index in [2.05, 4.69) is 192 Å². The summed E-state index contributed by atoms with van der Waals surface area (Å²) >= 11 is 1.85. The Kier molecular flexibility index (Phi) is 7.33. The molecule has 0 bridgehead atoms. The number of furan rings is 1. The molecule has 0 fully saturated rings. The van der Waals surface area contributed by atoms with Crippen LogP contribution in [0.2, 0.25) is 0 Å². The maximum Gasteiger partial charge on any atom is 0.137 e. The maximum absolute atomic E-state index is 6.38. The first-order valence-electron chi connectivity index (χ1n) is 17.5. The third-order valence-corrected chi connectivity index (χ3v) is 11.1. The molecular weight excluding hydrogens is 653 g/mol. The van der Waals surface area contributed by atoms with Crippen molar-refractivity contribution in [2.45, 2.75) is 0 Å². The Hall–Kier alpha value is -6.62. The summed E-state index contributed by atoms with van der Waals surface area (Å²) in [7, 11) is 0. The van der Waals surface area contributed by atoms with Crippen LogP contribution in [0.3, 0.4) is 0 Å². The molecule has 0 unspecified atom stereocenters. The predicted octanol–water partition coefficient (Wildman–Crippen LogP) is 14.6. The van der Waals surface area contributed by atoms with E-state index in [0.29, 0.717) is 0 Å². The fourth-order valence-corrected chi connectivity index (χ4v) is 8.75. The Morgan fingerprint density at radius 3 is 1.42 bits per heavy atom. The average molecular weight is 685 g/mol. The quantitative estimate of drug-likeness (QED) is 0.167. The van der Waals surface area contributed by atoms with Gasteiger partial charge in [-0.3, -0.25) is 0 Å². The summed E-state index contributed by atoms with van der Waals surface area (Å²) in [6.45, 7) is 0. The number of rotatable bonds is 7. The monoisotopic (exact) mass is 684 g/mol. The molecule has 0 spiro atoms. The standard InChI is InChI=1S/C48H32N2OS/c1-4-14-33(15-5-1)34-26-28-37(29-27-34)49(35-16-6-2-7-17-35)43-23-12-21-41-42-22-13-24-44(48(42)52-47(41)43)50(36-18-8-3-9-19-36)38-30-31-40-39-20-10-11-25-45(39)51-46(40)32-38/h1-32H. The lowest BCUT2D eigenvalue weighted by atomic mass is 10.0. The summed E-state index contributed by atoms with van der Waals surface area (Å²) in [5, 5.41) is 4.72. The van der Waals surface area contributed by atoms with Crippen molar-refractivity contribution in [2.75, 3.05) is 9.80 Å². The van der Waals surface area contributed by atoms with E-state index in [4.69, 9.17) is 4.42 Å². The molecule has 52 heavy (non-hydrogen) atoms. The molecular formula is C48H32N2OS. The Morgan fingerprint density at radius 2 is 0.788 bits per heavy atom. The fourth-order valence-electron chi connectivity index (χ4n) is 7.44. The molecule has 246 valence electrons. The molecule has 4 heteroatoms. The van der Waals surface area contributed by atoms with Crippen LogP contribution in [-0.2, 0) is 0 Å². The molecule has 2 aromatic heterocycles. The molecule has 3 nitrogen and oxygen atoms in total. The number of anilines is 6. The number of para-hydroxylation sites is 3. The van der Waals surface area contributed by atoms with E-state index in [9.17, 15) is 0 Å². The van der Waals surface area contributed by atoms with Gasteiger partial charge in [-0.1, -0.05) is 121 Å². The highest BCUT2D eigenvalue weighted by Crippen LogP contribution is 2.49. The number of hydrogen-bond acceptors (Lipinski definition) is 4. The molecule has 0 atom stereocenters. The zero-order chi connectivity index (χ0) is 34.4. The Labute approximate surface area is 305 Å². The molecule has 0 aliphatic carbocycles. The smallest absolute Gasteiger partial charge is 0.137 e. The van der Waals surface area contributed by atoms with Crippen molar-refractivity contribution in [3.8, 4) is 11.1 Å². The maximum atomic E-state index is 6.38. The third-order valence-electron chi connectivity index (χ3n) is 9.85. The molecule has 0 saturated carbocycles. The zero-order valence-corrected chi connectivity index (χ0v) is 29.0. The van der Waals surface area contributed by atoms with Crippen molar-refractivity contribution in [2.24, 2.45) is 0 Å². The molecule has 0 N–H and O–H groups in total. The van der Waals surface area contributed by atoms with Gasteiger partial charge in [-0.15, -0.1) is 11.3 Å². The first-order chi connectivity index (χ1) is 25.8. The third kappa shape index (κ3) is 5.12. The molecule has 0 radical (unpaired) electrons. The lowest BCUT2D eigenvalue weighted by molar-refractivity contribution is 0.669. The molecule has 0 aliphatic heterocycles. The topological polar surface area (TPSA) is 19.6 Å². The van der Waals surface area contributed by atoms with Gasteiger partial charge in [0.15, 0.2) is 0 Å². The van der Waals surface area contributed by atoms with Crippen molar-refractivity contribution in [3.05, 3.63) is 194 Å². The molecule has 10 aromatic rings. The normalized spacial score (nSPS) is 11.5. The number of fused-ring (bicyclic) bond motifs is 6. The van der Waals surface area contributed by atoms with Gasteiger partial charge in [0.05, 0.1) is 20.8 Å². The summed E-state index contributed by atoms with van der Waals surface area (Å²) in [5.74, 6) is 0. The van der Waals surface area contributed by atoms with E-state index in [-0.39, 0.29) is 0 Å². The van der Waals surface area contributed by atoms with Crippen molar-refractivity contribution in [1.82, 2.24) is 0 Å². The largest absolute Gasteiger partial charge is 0.456 e. The minimum absolute atomic E-state index is 0.877. The van der Waals surface area contributed by atoms with Crippen molar-refractivity contribution in [3.63, 3.8) is 0 Å². The van der Waals surface area contributed by atoms with Crippen molar-refractivity contribution >= 4 is 87.6 Å². The van der Waals surface area contributed by atoms with E-state index < -0.39 is 0 Å².